The first-order valence-corrected chi connectivity index (χ1v) is 3.40. The zero-order chi connectivity index (χ0) is 8.81. The summed E-state index contributed by atoms with van der Waals surface area (Å²) < 4.78 is 13.9. The number of hydrogen-bond acceptors (Lipinski definition) is 5. The fraction of sp³-hybridized carbons (Fsp3) is 0.429. The van der Waals surface area contributed by atoms with Crippen molar-refractivity contribution in [1.29, 1.82) is 0 Å². The maximum atomic E-state index is 11.0. The first-order valence-electron chi connectivity index (χ1n) is 3.40. The van der Waals surface area contributed by atoms with Crippen LogP contribution in [0.15, 0.2) is 17.0 Å². The molecule has 0 radical (unpaired) electrons. The molecule has 1 rings (SSSR count). The van der Waals surface area contributed by atoms with Crippen molar-refractivity contribution in [1.82, 2.24) is 5.16 Å². The average molecular weight is 171 g/mol. The topological polar surface area (TPSA) is 61.6 Å². The third-order valence-electron chi connectivity index (χ3n) is 1.19. The van der Waals surface area contributed by atoms with Gasteiger partial charge in [0.15, 0.2) is 0 Å². The number of aromatic nitrogens is 1. The highest BCUT2D eigenvalue weighted by atomic mass is 16.6. The number of nitrogens with zero attached hydrogens (tertiary/aromatic N) is 1. The van der Waals surface area contributed by atoms with E-state index >= 15 is 0 Å². The molecule has 0 spiro atoms. The highest BCUT2D eigenvalue weighted by Crippen LogP contribution is 1.98. The summed E-state index contributed by atoms with van der Waals surface area (Å²) in [5.41, 5.74) is 0.311. The van der Waals surface area contributed by atoms with Crippen LogP contribution < -0.4 is 0 Å². The van der Waals surface area contributed by atoms with E-state index in [2.05, 4.69) is 9.68 Å². The van der Waals surface area contributed by atoms with Crippen LogP contribution in [-0.4, -0.2) is 31.4 Å². The van der Waals surface area contributed by atoms with Crippen molar-refractivity contribution in [3.63, 3.8) is 0 Å². The van der Waals surface area contributed by atoms with Gasteiger partial charge in [-0.05, 0) is 0 Å². The fourth-order valence-electron chi connectivity index (χ4n) is 0.607. The van der Waals surface area contributed by atoms with Crippen molar-refractivity contribution in [2.75, 3.05) is 20.3 Å². The van der Waals surface area contributed by atoms with E-state index in [4.69, 9.17) is 9.47 Å². The van der Waals surface area contributed by atoms with Crippen molar-refractivity contribution in [2.24, 2.45) is 0 Å². The molecule has 12 heavy (non-hydrogen) atoms. The molecule has 0 aromatic carbocycles. The normalized spacial score (nSPS) is 9.75. The highest BCUT2D eigenvalue weighted by molar-refractivity contribution is 5.88. The molecule has 0 amide bonds. The van der Waals surface area contributed by atoms with Gasteiger partial charge in [0.1, 0.15) is 18.4 Å². The van der Waals surface area contributed by atoms with Crippen LogP contribution in [0.4, 0.5) is 0 Å². The molecule has 0 N–H and O–H groups in total. The van der Waals surface area contributed by atoms with Gasteiger partial charge in [0, 0.05) is 7.11 Å². The van der Waals surface area contributed by atoms with E-state index in [9.17, 15) is 4.79 Å². The van der Waals surface area contributed by atoms with Gasteiger partial charge in [0.25, 0.3) is 0 Å². The Labute approximate surface area is 69.2 Å². The molecule has 0 saturated carbocycles. The van der Waals surface area contributed by atoms with Gasteiger partial charge in [-0.3, -0.25) is 0 Å². The average Bonchev–Trinajstić information content (AvgIpc) is 2.56. The Morgan fingerprint density at radius 1 is 1.67 bits per heavy atom. The van der Waals surface area contributed by atoms with Crippen LogP contribution >= 0.6 is 0 Å². The van der Waals surface area contributed by atoms with Crippen LogP contribution in [0.25, 0.3) is 0 Å². The van der Waals surface area contributed by atoms with Gasteiger partial charge < -0.3 is 14.0 Å². The minimum atomic E-state index is -0.451. The summed E-state index contributed by atoms with van der Waals surface area (Å²) in [5.74, 6) is -0.451. The van der Waals surface area contributed by atoms with Gasteiger partial charge in [-0.25, -0.2) is 4.79 Å². The first kappa shape index (κ1) is 8.73. The van der Waals surface area contributed by atoms with Crippen molar-refractivity contribution in [3.05, 3.63) is 18.0 Å². The molecule has 1 heterocycles. The maximum Gasteiger partial charge on any atom is 0.343 e. The van der Waals surface area contributed by atoms with E-state index in [0.29, 0.717) is 12.2 Å². The first-order chi connectivity index (χ1) is 5.84. The largest absolute Gasteiger partial charge is 0.460 e. The van der Waals surface area contributed by atoms with Crippen LogP contribution in [0.1, 0.15) is 10.4 Å². The lowest BCUT2D eigenvalue weighted by Crippen LogP contribution is -2.08. The zero-order valence-electron chi connectivity index (χ0n) is 6.65. The minimum absolute atomic E-state index is 0.237. The third kappa shape index (κ3) is 2.35. The molecule has 0 atom stereocenters. The molecule has 0 fully saturated rings. The standard InChI is InChI=1S/C7H9NO4/c1-10-2-3-11-7(9)6-4-8-12-5-6/h4-5H,2-3H2,1H3. The second kappa shape index (κ2) is 4.50. The van der Waals surface area contributed by atoms with Crippen LogP contribution in [0, 0.1) is 0 Å². The molecular weight excluding hydrogens is 162 g/mol. The Bertz CT molecular complexity index is 232. The summed E-state index contributed by atoms with van der Waals surface area (Å²) in [6.07, 6.45) is 2.53. The zero-order valence-corrected chi connectivity index (χ0v) is 6.65. The Balaban J connectivity index is 2.30. The molecule has 0 unspecified atom stereocenters. The Morgan fingerprint density at radius 3 is 3.08 bits per heavy atom. The molecular formula is C7H9NO4. The van der Waals surface area contributed by atoms with Crippen LogP contribution in [-0.2, 0) is 9.47 Å². The van der Waals surface area contributed by atoms with Crippen molar-refractivity contribution in [3.8, 4) is 0 Å². The van der Waals surface area contributed by atoms with Crippen LogP contribution in [0.3, 0.4) is 0 Å². The van der Waals surface area contributed by atoms with Crippen LogP contribution in [0.5, 0.6) is 0 Å². The third-order valence-corrected chi connectivity index (χ3v) is 1.19. The van der Waals surface area contributed by atoms with E-state index in [-0.39, 0.29) is 6.61 Å². The maximum absolute atomic E-state index is 11.0. The Kier molecular flexibility index (Phi) is 3.28. The van der Waals surface area contributed by atoms with E-state index < -0.39 is 5.97 Å². The fourth-order valence-corrected chi connectivity index (χ4v) is 0.607. The second-order valence-corrected chi connectivity index (χ2v) is 2.04. The summed E-state index contributed by atoms with van der Waals surface area (Å²) in [6, 6.07) is 0. The lowest BCUT2D eigenvalue weighted by Gasteiger charge is -2.00. The Hall–Kier alpha value is -1.36. The number of esters is 1. The van der Waals surface area contributed by atoms with E-state index in [1.165, 1.54) is 19.6 Å². The number of carbonyl (C=O) groups is 1. The molecule has 0 bridgehead atoms. The summed E-state index contributed by atoms with van der Waals surface area (Å²) in [5, 5.41) is 3.36. The van der Waals surface area contributed by atoms with Gasteiger partial charge in [0.2, 0.25) is 0 Å². The lowest BCUT2D eigenvalue weighted by atomic mass is 10.4. The van der Waals surface area contributed by atoms with Crippen molar-refractivity contribution in [2.45, 2.75) is 0 Å². The number of hydrogen-bond donors (Lipinski definition) is 0. The van der Waals surface area contributed by atoms with Gasteiger partial charge in [-0.1, -0.05) is 5.16 Å². The summed E-state index contributed by atoms with van der Waals surface area (Å²) >= 11 is 0. The van der Waals surface area contributed by atoms with Crippen molar-refractivity contribution >= 4 is 5.97 Å². The molecule has 0 aliphatic carbocycles. The molecule has 1 aromatic heterocycles. The lowest BCUT2D eigenvalue weighted by molar-refractivity contribution is 0.0387. The van der Waals surface area contributed by atoms with Crippen LogP contribution in [0.2, 0.25) is 0 Å². The van der Waals surface area contributed by atoms with E-state index in [0.717, 1.165) is 0 Å². The van der Waals surface area contributed by atoms with Gasteiger partial charge >= 0.3 is 5.97 Å². The molecule has 0 saturated heterocycles. The molecule has 5 heteroatoms. The Morgan fingerprint density at radius 2 is 2.50 bits per heavy atom. The van der Waals surface area contributed by atoms with E-state index in [1.54, 1.807) is 0 Å². The number of rotatable bonds is 4. The summed E-state index contributed by atoms with van der Waals surface area (Å²) in [6.45, 7) is 0.623. The minimum Gasteiger partial charge on any atom is -0.460 e. The summed E-state index contributed by atoms with van der Waals surface area (Å²) in [7, 11) is 1.53. The monoisotopic (exact) mass is 171 g/mol. The predicted octanol–water partition coefficient (Wildman–Crippen LogP) is 0.478. The van der Waals surface area contributed by atoms with Gasteiger partial charge in [0.05, 0.1) is 12.8 Å². The molecule has 0 aliphatic rings. The smallest absolute Gasteiger partial charge is 0.343 e. The predicted molar refractivity (Wildman–Crippen MR) is 38.7 cm³/mol. The van der Waals surface area contributed by atoms with Gasteiger partial charge in [-0.15, -0.1) is 0 Å². The summed E-state index contributed by atoms with van der Waals surface area (Å²) in [4.78, 5) is 11.0. The highest BCUT2D eigenvalue weighted by Gasteiger charge is 2.08. The molecule has 66 valence electrons. The quantitative estimate of drug-likeness (QED) is 0.487. The van der Waals surface area contributed by atoms with Gasteiger partial charge in [-0.2, -0.15) is 0 Å². The number of carbonyl (C=O) groups excluding carboxylic acids is 1. The van der Waals surface area contributed by atoms with E-state index in [1.807, 2.05) is 0 Å². The molecule has 5 nitrogen and oxygen atoms in total. The second-order valence-electron chi connectivity index (χ2n) is 2.04. The number of ether oxygens (including phenoxy) is 2. The molecule has 0 aliphatic heterocycles. The number of methoxy groups -OCH3 is 1. The van der Waals surface area contributed by atoms with Crippen molar-refractivity contribution < 1.29 is 18.8 Å². The SMILES string of the molecule is COCCOC(=O)c1cnoc1. The molecule has 1 aromatic rings.